The first-order valence-corrected chi connectivity index (χ1v) is 3.58. The molecule has 0 aromatic rings. The SMILES string of the molecule is C[C]1([Na])C=CC=C1.[Sn]. The summed E-state index contributed by atoms with van der Waals surface area (Å²) in [5, 5.41) is 0. The Morgan fingerprint density at radius 2 is 1.62 bits per heavy atom. The van der Waals surface area contributed by atoms with Gasteiger partial charge in [-0.15, -0.1) is 0 Å². The van der Waals surface area contributed by atoms with Crippen LogP contribution in [0.4, 0.5) is 0 Å². The van der Waals surface area contributed by atoms with E-state index in [2.05, 4.69) is 31.2 Å². The number of hydrogen-bond donors (Lipinski definition) is 0. The van der Waals surface area contributed by atoms with E-state index >= 15 is 0 Å². The van der Waals surface area contributed by atoms with Crippen molar-refractivity contribution >= 4 is 51.8 Å². The largest absolute Gasteiger partial charge is 0 e. The summed E-state index contributed by atoms with van der Waals surface area (Å²) in [6, 6.07) is 0. The molecule has 0 fully saturated rings. The second-order valence-corrected chi connectivity index (χ2v) is 4.69. The molecule has 0 bridgehead atoms. The molecule has 4 radical (unpaired) electrons. The summed E-state index contributed by atoms with van der Waals surface area (Å²) in [5.74, 6) is 0. The third-order valence-electron chi connectivity index (χ3n) is 1.16. The monoisotopic (exact) mass is 222 g/mol. The molecular formula is C6H7NaSn. The van der Waals surface area contributed by atoms with Crippen molar-refractivity contribution in [3.8, 4) is 0 Å². The molecule has 0 nitrogen and oxygen atoms in total. The maximum absolute atomic E-state index is 2.25. The van der Waals surface area contributed by atoms with Gasteiger partial charge in [0.25, 0.3) is 0 Å². The first kappa shape index (κ1) is 9.28. The van der Waals surface area contributed by atoms with Crippen LogP contribution in [0.2, 0.25) is 2.66 Å². The minimum atomic E-state index is 0. The van der Waals surface area contributed by atoms with Gasteiger partial charge in [0, 0.05) is 23.9 Å². The van der Waals surface area contributed by atoms with E-state index in [-0.39, 0.29) is 23.9 Å². The average molecular weight is 221 g/mol. The number of allylic oxidation sites excluding steroid dienone is 4. The second-order valence-electron chi connectivity index (χ2n) is 2.54. The summed E-state index contributed by atoms with van der Waals surface area (Å²) in [6.45, 7) is 2.25. The van der Waals surface area contributed by atoms with E-state index in [1.807, 2.05) is 0 Å². The van der Waals surface area contributed by atoms with Crippen LogP contribution in [0.5, 0.6) is 0 Å². The van der Waals surface area contributed by atoms with Gasteiger partial charge in [-0.1, -0.05) is 0 Å². The normalized spacial score (nSPS) is 20.9. The van der Waals surface area contributed by atoms with Gasteiger partial charge in [0.2, 0.25) is 0 Å². The summed E-state index contributed by atoms with van der Waals surface area (Å²) in [5.41, 5.74) is 0. The Balaban J connectivity index is 0.000000490. The molecule has 36 valence electrons. The Bertz CT molecular complexity index is 110. The van der Waals surface area contributed by atoms with Gasteiger partial charge in [0.15, 0.2) is 0 Å². The molecule has 0 heterocycles. The fourth-order valence-corrected chi connectivity index (χ4v) is 1.05. The van der Waals surface area contributed by atoms with Crippen LogP contribution in [-0.4, -0.2) is 51.8 Å². The number of hydrogen-bond acceptors (Lipinski definition) is 0. The molecule has 1 rings (SSSR count). The summed E-state index contributed by atoms with van der Waals surface area (Å²) < 4.78 is 0.472. The van der Waals surface area contributed by atoms with E-state index in [0.717, 1.165) is 0 Å². The summed E-state index contributed by atoms with van der Waals surface area (Å²) in [6.07, 6.45) is 8.73. The van der Waals surface area contributed by atoms with Crippen LogP contribution in [0.1, 0.15) is 6.92 Å². The summed E-state index contributed by atoms with van der Waals surface area (Å²) in [4.78, 5) is 0. The molecule has 0 spiro atoms. The van der Waals surface area contributed by atoms with Crippen molar-refractivity contribution in [1.82, 2.24) is 0 Å². The molecular weight excluding hydrogens is 214 g/mol. The van der Waals surface area contributed by atoms with Crippen LogP contribution >= 0.6 is 0 Å². The average Bonchev–Trinajstić information content (AvgIpc) is 1.84. The predicted molar refractivity (Wildman–Crippen MR) is 38.2 cm³/mol. The first-order valence-electron chi connectivity index (χ1n) is 2.58. The van der Waals surface area contributed by atoms with Crippen LogP contribution in [0.3, 0.4) is 0 Å². The van der Waals surface area contributed by atoms with Crippen molar-refractivity contribution in [3.63, 3.8) is 0 Å². The minimum Gasteiger partial charge on any atom is 0 e. The minimum absolute atomic E-state index is 0. The molecule has 0 unspecified atom stereocenters. The maximum atomic E-state index is 2.25. The smallest absolute Gasteiger partial charge is 0 e. The Hall–Kier alpha value is 1.28. The third kappa shape index (κ3) is 2.72. The third-order valence-corrected chi connectivity index (χ3v) is 1.83. The van der Waals surface area contributed by atoms with E-state index in [9.17, 15) is 0 Å². The van der Waals surface area contributed by atoms with Crippen LogP contribution in [-0.2, 0) is 0 Å². The molecule has 8 heavy (non-hydrogen) atoms. The van der Waals surface area contributed by atoms with Gasteiger partial charge in [-0.05, 0) is 0 Å². The molecule has 1 aliphatic rings. The molecule has 0 saturated carbocycles. The fraction of sp³-hybridized carbons (Fsp3) is 0.333. The summed E-state index contributed by atoms with van der Waals surface area (Å²) in [7, 11) is 0. The zero-order valence-corrected chi connectivity index (χ0v) is 10.2. The zero-order chi connectivity index (χ0) is 5.33. The van der Waals surface area contributed by atoms with E-state index < -0.39 is 0 Å². The zero-order valence-electron chi connectivity index (χ0n) is 5.31. The topological polar surface area (TPSA) is 0 Å². The Kier molecular flexibility index (Phi) is 4.00. The molecule has 0 aliphatic heterocycles. The molecule has 0 atom stereocenters. The quantitative estimate of drug-likeness (QED) is 0.536. The molecule has 0 amide bonds. The van der Waals surface area contributed by atoms with Gasteiger partial charge in [-0.25, -0.2) is 0 Å². The Labute approximate surface area is 84.8 Å². The maximum Gasteiger partial charge on any atom is 0 e. The van der Waals surface area contributed by atoms with Gasteiger partial charge in [0.05, 0.1) is 0 Å². The van der Waals surface area contributed by atoms with Crippen LogP contribution in [0.15, 0.2) is 24.3 Å². The van der Waals surface area contributed by atoms with E-state index in [1.165, 1.54) is 27.9 Å². The molecule has 2 heteroatoms. The van der Waals surface area contributed by atoms with Gasteiger partial charge in [-0.3, -0.25) is 0 Å². The molecule has 0 aromatic carbocycles. The van der Waals surface area contributed by atoms with Crippen molar-refractivity contribution in [3.05, 3.63) is 24.3 Å². The first-order chi connectivity index (χ1) is 3.21. The standard InChI is InChI=1S/C6H7.Na.Sn/c1-6-4-2-3-5-6;;/h2-5H,1H3;;. The predicted octanol–water partition coefficient (Wildman–Crippen LogP) is 1.08. The van der Waals surface area contributed by atoms with Crippen molar-refractivity contribution < 1.29 is 0 Å². The van der Waals surface area contributed by atoms with Gasteiger partial charge < -0.3 is 0 Å². The van der Waals surface area contributed by atoms with Gasteiger partial charge in [-0.2, -0.15) is 0 Å². The van der Waals surface area contributed by atoms with E-state index in [1.54, 1.807) is 0 Å². The molecule has 0 N–H and O–H groups in total. The van der Waals surface area contributed by atoms with Crippen molar-refractivity contribution in [2.45, 2.75) is 9.59 Å². The molecule has 0 aromatic heterocycles. The number of rotatable bonds is 0. The fourth-order valence-electron chi connectivity index (χ4n) is 0.663. The van der Waals surface area contributed by atoms with Crippen molar-refractivity contribution in [1.29, 1.82) is 0 Å². The van der Waals surface area contributed by atoms with Crippen molar-refractivity contribution in [2.24, 2.45) is 0 Å². The summed E-state index contributed by atoms with van der Waals surface area (Å²) >= 11 is 1.24. The van der Waals surface area contributed by atoms with E-state index in [4.69, 9.17) is 0 Å². The van der Waals surface area contributed by atoms with Crippen LogP contribution in [0.25, 0.3) is 0 Å². The van der Waals surface area contributed by atoms with Crippen molar-refractivity contribution in [2.75, 3.05) is 0 Å². The van der Waals surface area contributed by atoms with E-state index in [0.29, 0.717) is 2.66 Å². The Morgan fingerprint density at radius 1 is 1.25 bits per heavy atom. The molecule has 1 aliphatic carbocycles. The Morgan fingerprint density at radius 3 is 1.75 bits per heavy atom. The van der Waals surface area contributed by atoms with Gasteiger partial charge >= 0.3 is 61.8 Å². The second kappa shape index (κ2) is 3.45. The van der Waals surface area contributed by atoms with Gasteiger partial charge in [0.1, 0.15) is 0 Å². The van der Waals surface area contributed by atoms with Crippen LogP contribution < -0.4 is 0 Å². The van der Waals surface area contributed by atoms with Crippen LogP contribution in [0, 0.1) is 0 Å². The molecule has 0 saturated heterocycles.